The summed E-state index contributed by atoms with van der Waals surface area (Å²) in [6.45, 7) is 2.58. The molecule has 1 aromatic rings. The van der Waals surface area contributed by atoms with Crippen LogP contribution >= 0.6 is 11.8 Å². The minimum absolute atomic E-state index is 0.0673. The summed E-state index contributed by atoms with van der Waals surface area (Å²) in [5, 5.41) is 0. The van der Waals surface area contributed by atoms with E-state index < -0.39 is 0 Å². The third kappa shape index (κ3) is 2.54. The third-order valence-electron chi connectivity index (χ3n) is 2.12. The molecule has 5 heteroatoms. The highest BCUT2D eigenvalue weighted by atomic mass is 32.2. The van der Waals surface area contributed by atoms with E-state index in [1.165, 1.54) is 0 Å². The molecule has 0 aromatic carbocycles. The minimum atomic E-state index is -0.0673. The zero-order chi connectivity index (χ0) is 10.7. The normalized spacial score (nSPS) is 21.3. The first-order valence-electron chi connectivity index (χ1n) is 4.79. The van der Waals surface area contributed by atoms with Crippen molar-refractivity contribution in [1.29, 1.82) is 0 Å². The number of carbonyl (C=O) groups is 1. The number of aryl methyl sites for hydroxylation is 1. The van der Waals surface area contributed by atoms with Gasteiger partial charge < -0.3 is 4.74 Å². The summed E-state index contributed by atoms with van der Waals surface area (Å²) in [6.07, 6.45) is 0.677. The van der Waals surface area contributed by atoms with Crippen molar-refractivity contribution < 1.29 is 9.53 Å². The summed E-state index contributed by atoms with van der Waals surface area (Å²) < 4.78 is 5.56. The average molecular weight is 224 g/mol. The second-order valence-electron chi connectivity index (χ2n) is 3.34. The van der Waals surface area contributed by atoms with Gasteiger partial charge in [-0.1, -0.05) is 0 Å². The van der Waals surface area contributed by atoms with Crippen LogP contribution in [0.25, 0.3) is 0 Å². The fraction of sp³-hybridized carbons (Fsp3) is 0.500. The predicted molar refractivity (Wildman–Crippen MR) is 58.2 cm³/mol. The first-order chi connectivity index (χ1) is 7.29. The Bertz CT molecular complexity index is 364. The van der Waals surface area contributed by atoms with Crippen molar-refractivity contribution in [3.63, 3.8) is 0 Å². The Hall–Kier alpha value is -0.940. The van der Waals surface area contributed by atoms with Crippen molar-refractivity contribution in [2.75, 3.05) is 18.1 Å². The number of aldehydes is 1. The number of thioether (sulfide) groups is 1. The molecule has 1 atom stereocenters. The Balaban J connectivity index is 2.25. The zero-order valence-electron chi connectivity index (χ0n) is 8.47. The van der Waals surface area contributed by atoms with E-state index in [-0.39, 0.29) is 6.10 Å². The van der Waals surface area contributed by atoms with E-state index in [2.05, 4.69) is 9.97 Å². The highest BCUT2D eigenvalue weighted by molar-refractivity contribution is 7.99. The van der Waals surface area contributed by atoms with Crippen molar-refractivity contribution in [1.82, 2.24) is 9.97 Å². The quantitative estimate of drug-likeness (QED) is 0.711. The second-order valence-corrected chi connectivity index (χ2v) is 4.49. The van der Waals surface area contributed by atoms with Crippen molar-refractivity contribution in [3.05, 3.63) is 23.3 Å². The molecule has 2 rings (SSSR count). The lowest BCUT2D eigenvalue weighted by Gasteiger charge is -2.21. The van der Waals surface area contributed by atoms with Crippen LogP contribution < -0.4 is 0 Å². The van der Waals surface area contributed by atoms with E-state index in [0.717, 1.165) is 30.1 Å². The maximum absolute atomic E-state index is 10.7. The number of hydrogen-bond acceptors (Lipinski definition) is 5. The van der Waals surface area contributed by atoms with E-state index in [1.807, 2.05) is 18.7 Å². The third-order valence-corrected chi connectivity index (χ3v) is 3.11. The van der Waals surface area contributed by atoms with Crippen LogP contribution in [0.3, 0.4) is 0 Å². The Morgan fingerprint density at radius 2 is 2.47 bits per heavy atom. The zero-order valence-corrected chi connectivity index (χ0v) is 9.29. The number of rotatable bonds is 2. The van der Waals surface area contributed by atoms with E-state index in [1.54, 1.807) is 6.07 Å². The van der Waals surface area contributed by atoms with Gasteiger partial charge in [-0.05, 0) is 13.0 Å². The van der Waals surface area contributed by atoms with Gasteiger partial charge in [0.05, 0.1) is 6.61 Å². The molecule has 1 saturated heterocycles. The molecule has 1 fully saturated rings. The molecule has 2 heterocycles. The van der Waals surface area contributed by atoms with E-state index >= 15 is 0 Å². The Kier molecular flexibility index (Phi) is 3.33. The van der Waals surface area contributed by atoms with Gasteiger partial charge in [-0.2, -0.15) is 11.8 Å². The Labute approximate surface area is 92.5 Å². The molecular formula is C10H12N2O2S. The van der Waals surface area contributed by atoms with Gasteiger partial charge in [-0.15, -0.1) is 0 Å². The lowest BCUT2D eigenvalue weighted by Crippen LogP contribution is -2.19. The average Bonchev–Trinajstić information content (AvgIpc) is 2.29. The molecular weight excluding hydrogens is 212 g/mol. The van der Waals surface area contributed by atoms with Crippen LogP contribution in [0.5, 0.6) is 0 Å². The van der Waals surface area contributed by atoms with Crippen LogP contribution in [0.4, 0.5) is 0 Å². The number of aromatic nitrogens is 2. The lowest BCUT2D eigenvalue weighted by atomic mass is 10.3. The molecule has 0 radical (unpaired) electrons. The molecule has 1 aliphatic heterocycles. The molecule has 0 N–H and O–H groups in total. The SMILES string of the molecule is Cc1cc(C=O)nc(C2CSCCO2)n1. The monoisotopic (exact) mass is 224 g/mol. The van der Waals surface area contributed by atoms with Gasteiger partial charge in [0.15, 0.2) is 12.1 Å². The molecule has 1 unspecified atom stereocenters. The number of carbonyl (C=O) groups excluding carboxylic acids is 1. The first-order valence-corrected chi connectivity index (χ1v) is 5.95. The molecule has 0 spiro atoms. The highest BCUT2D eigenvalue weighted by Crippen LogP contribution is 2.24. The maximum atomic E-state index is 10.7. The van der Waals surface area contributed by atoms with Gasteiger partial charge in [0.25, 0.3) is 0 Å². The smallest absolute Gasteiger partial charge is 0.168 e. The van der Waals surface area contributed by atoms with Crippen LogP contribution in [0.15, 0.2) is 6.07 Å². The Morgan fingerprint density at radius 1 is 1.60 bits per heavy atom. The second kappa shape index (κ2) is 4.72. The number of hydrogen-bond donors (Lipinski definition) is 0. The number of ether oxygens (including phenoxy) is 1. The van der Waals surface area contributed by atoms with Crippen LogP contribution in [0.1, 0.15) is 28.1 Å². The van der Waals surface area contributed by atoms with Gasteiger partial charge >= 0.3 is 0 Å². The van der Waals surface area contributed by atoms with Crippen LogP contribution in [0.2, 0.25) is 0 Å². The molecule has 1 aliphatic rings. The fourth-order valence-corrected chi connectivity index (χ4v) is 2.30. The summed E-state index contributed by atoms with van der Waals surface area (Å²) in [4.78, 5) is 19.1. The van der Waals surface area contributed by atoms with Gasteiger partial charge in [0, 0.05) is 17.2 Å². The van der Waals surface area contributed by atoms with E-state index in [0.29, 0.717) is 11.5 Å². The van der Waals surface area contributed by atoms with Crippen LogP contribution in [-0.4, -0.2) is 34.4 Å². The lowest BCUT2D eigenvalue weighted by molar-refractivity contribution is 0.0691. The van der Waals surface area contributed by atoms with Crippen molar-refractivity contribution in [2.45, 2.75) is 13.0 Å². The molecule has 1 aromatic heterocycles. The summed E-state index contributed by atoms with van der Waals surface area (Å²) in [7, 11) is 0. The van der Waals surface area contributed by atoms with E-state index in [9.17, 15) is 4.79 Å². The number of nitrogens with zero attached hydrogens (tertiary/aromatic N) is 2. The first kappa shape index (κ1) is 10.6. The summed E-state index contributed by atoms with van der Waals surface area (Å²) in [5.41, 5.74) is 1.23. The molecule has 0 saturated carbocycles. The molecule has 0 aliphatic carbocycles. The topological polar surface area (TPSA) is 52.1 Å². The van der Waals surface area contributed by atoms with Crippen molar-refractivity contribution in [3.8, 4) is 0 Å². The highest BCUT2D eigenvalue weighted by Gasteiger charge is 2.19. The standard InChI is InChI=1S/C10H12N2O2S/c1-7-4-8(5-13)12-10(11-7)9-6-15-3-2-14-9/h4-5,9H,2-3,6H2,1H3. The maximum Gasteiger partial charge on any atom is 0.168 e. The van der Waals surface area contributed by atoms with Gasteiger partial charge in [-0.3, -0.25) is 4.79 Å². The van der Waals surface area contributed by atoms with Crippen molar-refractivity contribution in [2.24, 2.45) is 0 Å². The van der Waals surface area contributed by atoms with Gasteiger partial charge in [-0.25, -0.2) is 9.97 Å². The molecule has 4 nitrogen and oxygen atoms in total. The summed E-state index contributed by atoms with van der Waals surface area (Å²) in [5.74, 6) is 2.51. The van der Waals surface area contributed by atoms with Crippen LogP contribution in [-0.2, 0) is 4.74 Å². The Morgan fingerprint density at radius 3 is 3.13 bits per heavy atom. The van der Waals surface area contributed by atoms with Crippen LogP contribution in [0, 0.1) is 6.92 Å². The van der Waals surface area contributed by atoms with Gasteiger partial charge in [0.1, 0.15) is 11.8 Å². The minimum Gasteiger partial charge on any atom is -0.368 e. The molecule has 15 heavy (non-hydrogen) atoms. The largest absolute Gasteiger partial charge is 0.368 e. The molecule has 0 bridgehead atoms. The molecule has 0 amide bonds. The fourth-order valence-electron chi connectivity index (χ4n) is 1.46. The molecule has 80 valence electrons. The summed E-state index contributed by atoms with van der Waals surface area (Å²) >= 11 is 1.82. The van der Waals surface area contributed by atoms with Gasteiger partial charge in [0.2, 0.25) is 0 Å². The van der Waals surface area contributed by atoms with Crippen molar-refractivity contribution >= 4 is 18.0 Å². The predicted octanol–water partition coefficient (Wildman–Crippen LogP) is 1.40. The van der Waals surface area contributed by atoms with E-state index in [4.69, 9.17) is 4.74 Å². The summed E-state index contributed by atoms with van der Waals surface area (Å²) in [6, 6.07) is 1.67.